The van der Waals surface area contributed by atoms with E-state index >= 15 is 0 Å². The van der Waals surface area contributed by atoms with Gasteiger partial charge >= 0.3 is 0 Å². The van der Waals surface area contributed by atoms with Gasteiger partial charge in [-0.2, -0.15) is 10.2 Å². The van der Waals surface area contributed by atoms with Crippen LogP contribution in [-0.2, 0) is 7.05 Å². The first-order valence-corrected chi connectivity index (χ1v) is 6.25. The topological polar surface area (TPSA) is 56.0 Å². The zero-order valence-corrected chi connectivity index (χ0v) is 11.6. The highest BCUT2D eigenvalue weighted by atomic mass is 16.2. The van der Waals surface area contributed by atoms with E-state index in [-0.39, 0.29) is 5.91 Å². The SMILES string of the molecule is CN(C)C(=O)c1ccc2nn(-c3cnn(C)c3)cc2c1. The van der Waals surface area contributed by atoms with Gasteiger partial charge in [-0.25, -0.2) is 4.68 Å². The summed E-state index contributed by atoms with van der Waals surface area (Å²) in [5.74, 6) is -0.0129. The van der Waals surface area contributed by atoms with E-state index in [0.29, 0.717) is 5.56 Å². The smallest absolute Gasteiger partial charge is 0.253 e. The number of carbonyl (C=O) groups is 1. The Bertz CT molecular complexity index is 784. The Labute approximate surface area is 116 Å². The third-order valence-electron chi connectivity index (χ3n) is 3.11. The maximum atomic E-state index is 12.0. The Morgan fingerprint density at radius 2 is 2.05 bits per heavy atom. The van der Waals surface area contributed by atoms with E-state index in [0.717, 1.165) is 16.6 Å². The van der Waals surface area contributed by atoms with Crippen molar-refractivity contribution in [1.29, 1.82) is 0 Å². The fourth-order valence-electron chi connectivity index (χ4n) is 2.08. The van der Waals surface area contributed by atoms with Gasteiger partial charge in [0.2, 0.25) is 0 Å². The summed E-state index contributed by atoms with van der Waals surface area (Å²) in [6.07, 6.45) is 5.54. The van der Waals surface area contributed by atoms with E-state index in [1.165, 1.54) is 0 Å². The lowest BCUT2D eigenvalue weighted by Gasteiger charge is -2.09. The molecule has 0 aliphatic heterocycles. The van der Waals surface area contributed by atoms with E-state index in [4.69, 9.17) is 0 Å². The molecule has 0 spiro atoms. The van der Waals surface area contributed by atoms with Gasteiger partial charge in [-0.15, -0.1) is 0 Å². The number of hydrogen-bond donors (Lipinski definition) is 0. The van der Waals surface area contributed by atoms with Crippen LogP contribution in [-0.4, -0.2) is 44.5 Å². The van der Waals surface area contributed by atoms with Crippen LogP contribution in [0.5, 0.6) is 0 Å². The van der Waals surface area contributed by atoms with E-state index in [1.54, 1.807) is 40.6 Å². The quantitative estimate of drug-likeness (QED) is 0.707. The molecule has 2 heterocycles. The average molecular weight is 269 g/mol. The molecule has 0 N–H and O–H groups in total. The van der Waals surface area contributed by atoms with E-state index in [9.17, 15) is 4.79 Å². The monoisotopic (exact) mass is 269 g/mol. The predicted octanol–water partition coefficient (Wildman–Crippen LogP) is 1.46. The van der Waals surface area contributed by atoms with Crippen LogP contribution in [0.4, 0.5) is 0 Å². The first kappa shape index (κ1) is 12.4. The molecule has 1 aromatic carbocycles. The minimum Gasteiger partial charge on any atom is -0.345 e. The van der Waals surface area contributed by atoms with Crippen LogP contribution in [0.2, 0.25) is 0 Å². The maximum Gasteiger partial charge on any atom is 0.253 e. The predicted molar refractivity (Wildman–Crippen MR) is 75.9 cm³/mol. The lowest BCUT2D eigenvalue weighted by molar-refractivity contribution is 0.0828. The molecule has 0 bridgehead atoms. The van der Waals surface area contributed by atoms with Gasteiger partial charge in [0.25, 0.3) is 5.91 Å². The molecule has 0 unspecified atom stereocenters. The van der Waals surface area contributed by atoms with Gasteiger partial charge in [-0.3, -0.25) is 9.48 Å². The molecule has 0 fully saturated rings. The normalized spacial score (nSPS) is 10.9. The van der Waals surface area contributed by atoms with Crippen LogP contribution in [0.15, 0.2) is 36.8 Å². The average Bonchev–Trinajstić information content (AvgIpc) is 3.02. The summed E-state index contributed by atoms with van der Waals surface area (Å²) in [6.45, 7) is 0. The second kappa shape index (κ2) is 4.48. The van der Waals surface area contributed by atoms with Crippen molar-refractivity contribution in [1.82, 2.24) is 24.5 Å². The van der Waals surface area contributed by atoms with Gasteiger partial charge in [0.15, 0.2) is 0 Å². The molecule has 3 aromatic rings. The number of carbonyl (C=O) groups excluding carboxylic acids is 1. The van der Waals surface area contributed by atoms with Crippen LogP contribution < -0.4 is 0 Å². The van der Waals surface area contributed by atoms with Crippen molar-refractivity contribution in [2.75, 3.05) is 14.1 Å². The zero-order valence-electron chi connectivity index (χ0n) is 11.6. The number of nitrogens with zero attached hydrogens (tertiary/aromatic N) is 5. The summed E-state index contributed by atoms with van der Waals surface area (Å²) in [7, 11) is 5.34. The van der Waals surface area contributed by atoms with Gasteiger partial charge in [-0.05, 0) is 18.2 Å². The van der Waals surface area contributed by atoms with Crippen LogP contribution in [0, 0.1) is 0 Å². The molecule has 1 amide bonds. The number of benzene rings is 1. The molecule has 6 heteroatoms. The van der Waals surface area contributed by atoms with Gasteiger partial charge < -0.3 is 4.90 Å². The zero-order chi connectivity index (χ0) is 14.3. The standard InChI is InChI=1S/C14H15N5O/c1-17(2)14(20)10-4-5-13-11(6-10)8-19(16-13)12-7-15-18(3)9-12/h4-9H,1-3H3. The molecule has 0 saturated carbocycles. The first-order valence-electron chi connectivity index (χ1n) is 6.25. The highest BCUT2D eigenvalue weighted by molar-refractivity contribution is 5.97. The van der Waals surface area contributed by atoms with Crippen molar-refractivity contribution < 1.29 is 4.79 Å². The summed E-state index contributed by atoms with van der Waals surface area (Å²) in [5.41, 5.74) is 2.40. The lowest BCUT2D eigenvalue weighted by Crippen LogP contribution is -2.21. The lowest BCUT2D eigenvalue weighted by atomic mass is 10.1. The minimum atomic E-state index is -0.0129. The second-order valence-corrected chi connectivity index (χ2v) is 4.92. The van der Waals surface area contributed by atoms with E-state index in [2.05, 4.69) is 10.2 Å². The van der Waals surface area contributed by atoms with Crippen molar-refractivity contribution >= 4 is 16.8 Å². The van der Waals surface area contributed by atoms with Gasteiger partial charge in [-0.1, -0.05) is 0 Å². The summed E-state index contributed by atoms with van der Waals surface area (Å²) in [5, 5.41) is 9.54. The first-order chi connectivity index (χ1) is 9.54. The number of hydrogen-bond acceptors (Lipinski definition) is 3. The molecule has 0 radical (unpaired) electrons. The Hall–Kier alpha value is -2.63. The number of amides is 1. The Balaban J connectivity index is 2.05. The Morgan fingerprint density at radius 3 is 2.70 bits per heavy atom. The molecule has 0 aliphatic rings. The maximum absolute atomic E-state index is 12.0. The molecule has 0 atom stereocenters. The summed E-state index contributed by atoms with van der Waals surface area (Å²) in [6, 6.07) is 5.52. The number of aryl methyl sites for hydroxylation is 1. The van der Waals surface area contributed by atoms with Gasteiger partial charge in [0, 0.05) is 38.3 Å². The third-order valence-corrected chi connectivity index (χ3v) is 3.11. The van der Waals surface area contributed by atoms with Crippen LogP contribution in [0.1, 0.15) is 10.4 Å². The Morgan fingerprint density at radius 1 is 1.25 bits per heavy atom. The van der Waals surface area contributed by atoms with E-state index in [1.807, 2.05) is 31.6 Å². The minimum absolute atomic E-state index is 0.0129. The second-order valence-electron chi connectivity index (χ2n) is 4.92. The molecule has 6 nitrogen and oxygen atoms in total. The van der Waals surface area contributed by atoms with E-state index < -0.39 is 0 Å². The highest BCUT2D eigenvalue weighted by Crippen LogP contribution is 2.17. The largest absolute Gasteiger partial charge is 0.345 e. The number of rotatable bonds is 2. The summed E-state index contributed by atoms with van der Waals surface area (Å²) >= 11 is 0. The molecule has 2 aromatic heterocycles. The fraction of sp³-hybridized carbons (Fsp3) is 0.214. The third kappa shape index (κ3) is 2.05. The van der Waals surface area contributed by atoms with Gasteiger partial charge in [0.05, 0.1) is 17.9 Å². The van der Waals surface area contributed by atoms with Crippen molar-refractivity contribution in [3.8, 4) is 5.69 Å². The fourth-order valence-corrected chi connectivity index (χ4v) is 2.08. The highest BCUT2D eigenvalue weighted by Gasteiger charge is 2.10. The molecule has 0 aliphatic carbocycles. The van der Waals surface area contributed by atoms with Crippen LogP contribution >= 0.6 is 0 Å². The van der Waals surface area contributed by atoms with Crippen molar-refractivity contribution in [2.45, 2.75) is 0 Å². The molecule has 0 saturated heterocycles. The molecule has 3 rings (SSSR count). The molecule has 102 valence electrons. The number of aromatic nitrogens is 4. The molecule has 20 heavy (non-hydrogen) atoms. The Kier molecular flexibility index (Phi) is 2.78. The van der Waals surface area contributed by atoms with Crippen LogP contribution in [0.3, 0.4) is 0 Å². The molecular formula is C14H15N5O. The van der Waals surface area contributed by atoms with Crippen molar-refractivity contribution in [2.24, 2.45) is 7.05 Å². The van der Waals surface area contributed by atoms with Crippen LogP contribution in [0.25, 0.3) is 16.6 Å². The summed E-state index contributed by atoms with van der Waals surface area (Å²) in [4.78, 5) is 13.5. The van der Waals surface area contributed by atoms with Crippen molar-refractivity contribution in [3.63, 3.8) is 0 Å². The van der Waals surface area contributed by atoms with Crippen molar-refractivity contribution in [3.05, 3.63) is 42.4 Å². The number of fused-ring (bicyclic) bond motifs is 1. The molecular weight excluding hydrogens is 254 g/mol. The summed E-state index contributed by atoms with van der Waals surface area (Å²) < 4.78 is 3.49. The van der Waals surface area contributed by atoms with Gasteiger partial charge in [0.1, 0.15) is 5.69 Å².